The van der Waals surface area contributed by atoms with Crippen molar-refractivity contribution in [3.05, 3.63) is 23.8 Å². The standard InChI is InChI=1S/C10H16N2S/c1-7(2)13-9(4)10-6-11-8(3)5-12-10/h5-7,9H,1-4H3. The Morgan fingerprint density at radius 2 is 1.85 bits per heavy atom. The maximum absolute atomic E-state index is 4.35. The highest BCUT2D eigenvalue weighted by Gasteiger charge is 2.09. The van der Waals surface area contributed by atoms with Gasteiger partial charge in [0.15, 0.2) is 0 Å². The second-order valence-corrected chi connectivity index (χ2v) is 5.33. The molecular formula is C10H16N2S. The average Bonchev–Trinajstić information content (AvgIpc) is 2.04. The zero-order valence-electron chi connectivity index (χ0n) is 8.61. The third-order valence-electron chi connectivity index (χ3n) is 1.69. The van der Waals surface area contributed by atoms with Crippen molar-refractivity contribution in [2.75, 3.05) is 0 Å². The van der Waals surface area contributed by atoms with Crippen LogP contribution in [0.25, 0.3) is 0 Å². The van der Waals surface area contributed by atoms with E-state index in [9.17, 15) is 0 Å². The van der Waals surface area contributed by atoms with Gasteiger partial charge in [0.1, 0.15) is 0 Å². The molecular weight excluding hydrogens is 180 g/mol. The third kappa shape index (κ3) is 3.35. The molecule has 1 atom stereocenters. The molecule has 0 aromatic carbocycles. The number of rotatable bonds is 3. The molecule has 0 spiro atoms. The van der Waals surface area contributed by atoms with Crippen LogP contribution in [-0.4, -0.2) is 15.2 Å². The fraction of sp³-hybridized carbons (Fsp3) is 0.600. The Hall–Kier alpha value is -0.570. The summed E-state index contributed by atoms with van der Waals surface area (Å²) < 4.78 is 0. The molecule has 2 nitrogen and oxygen atoms in total. The van der Waals surface area contributed by atoms with Gasteiger partial charge in [0.25, 0.3) is 0 Å². The number of hydrogen-bond donors (Lipinski definition) is 0. The van der Waals surface area contributed by atoms with Gasteiger partial charge in [-0.1, -0.05) is 13.8 Å². The van der Waals surface area contributed by atoms with E-state index in [1.807, 2.05) is 31.1 Å². The molecule has 0 N–H and O–H groups in total. The number of aryl methyl sites for hydroxylation is 1. The van der Waals surface area contributed by atoms with Crippen molar-refractivity contribution in [1.82, 2.24) is 9.97 Å². The van der Waals surface area contributed by atoms with Crippen LogP contribution in [0.4, 0.5) is 0 Å². The molecule has 0 aliphatic rings. The van der Waals surface area contributed by atoms with Crippen LogP contribution in [0.2, 0.25) is 0 Å². The molecule has 0 aliphatic heterocycles. The Bertz CT molecular complexity index is 256. The maximum Gasteiger partial charge on any atom is 0.0714 e. The Balaban J connectivity index is 2.66. The smallest absolute Gasteiger partial charge is 0.0714 e. The molecule has 0 amide bonds. The summed E-state index contributed by atoms with van der Waals surface area (Å²) in [6.07, 6.45) is 3.70. The van der Waals surface area contributed by atoms with E-state index in [4.69, 9.17) is 0 Å². The first kappa shape index (κ1) is 10.5. The Morgan fingerprint density at radius 3 is 2.31 bits per heavy atom. The van der Waals surface area contributed by atoms with E-state index in [0.29, 0.717) is 10.5 Å². The number of nitrogens with zero attached hydrogens (tertiary/aromatic N) is 2. The largest absolute Gasteiger partial charge is 0.258 e. The Kier molecular flexibility index (Phi) is 3.72. The monoisotopic (exact) mass is 196 g/mol. The molecule has 3 heteroatoms. The van der Waals surface area contributed by atoms with Crippen molar-refractivity contribution in [3.63, 3.8) is 0 Å². The molecule has 0 aliphatic carbocycles. The highest BCUT2D eigenvalue weighted by Crippen LogP contribution is 2.29. The van der Waals surface area contributed by atoms with Crippen LogP contribution in [0, 0.1) is 6.92 Å². The number of hydrogen-bond acceptors (Lipinski definition) is 3. The van der Waals surface area contributed by atoms with Crippen LogP contribution in [-0.2, 0) is 0 Å². The lowest BCUT2D eigenvalue weighted by atomic mass is 10.3. The lowest BCUT2D eigenvalue weighted by Crippen LogP contribution is -1.98. The molecule has 1 heterocycles. The lowest BCUT2D eigenvalue weighted by molar-refractivity contribution is 0.946. The van der Waals surface area contributed by atoms with E-state index in [0.717, 1.165) is 11.4 Å². The highest BCUT2D eigenvalue weighted by molar-refractivity contribution is 8.00. The van der Waals surface area contributed by atoms with Crippen LogP contribution in [0.1, 0.15) is 37.4 Å². The van der Waals surface area contributed by atoms with Crippen molar-refractivity contribution in [2.24, 2.45) is 0 Å². The molecule has 13 heavy (non-hydrogen) atoms. The zero-order chi connectivity index (χ0) is 9.84. The van der Waals surface area contributed by atoms with Gasteiger partial charge in [-0.25, -0.2) is 0 Å². The summed E-state index contributed by atoms with van der Waals surface area (Å²) in [5.41, 5.74) is 2.05. The molecule has 0 saturated carbocycles. The number of thioether (sulfide) groups is 1. The fourth-order valence-electron chi connectivity index (χ4n) is 1.09. The second kappa shape index (κ2) is 4.61. The van der Waals surface area contributed by atoms with E-state index in [2.05, 4.69) is 30.7 Å². The molecule has 1 aromatic rings. The number of aromatic nitrogens is 2. The van der Waals surface area contributed by atoms with Crippen molar-refractivity contribution < 1.29 is 0 Å². The molecule has 0 saturated heterocycles. The van der Waals surface area contributed by atoms with Crippen molar-refractivity contribution in [2.45, 2.75) is 38.2 Å². The van der Waals surface area contributed by atoms with Gasteiger partial charge in [-0.15, -0.1) is 11.8 Å². The van der Waals surface area contributed by atoms with Gasteiger partial charge >= 0.3 is 0 Å². The van der Waals surface area contributed by atoms with E-state index < -0.39 is 0 Å². The third-order valence-corrected chi connectivity index (χ3v) is 2.89. The van der Waals surface area contributed by atoms with Crippen LogP contribution in [0.5, 0.6) is 0 Å². The quantitative estimate of drug-likeness (QED) is 0.743. The van der Waals surface area contributed by atoms with Crippen LogP contribution in [0.15, 0.2) is 12.4 Å². The molecule has 0 radical (unpaired) electrons. The lowest BCUT2D eigenvalue weighted by Gasteiger charge is -2.12. The van der Waals surface area contributed by atoms with Crippen LogP contribution < -0.4 is 0 Å². The minimum Gasteiger partial charge on any atom is -0.258 e. The van der Waals surface area contributed by atoms with Crippen LogP contribution in [0.3, 0.4) is 0 Å². The van der Waals surface area contributed by atoms with Gasteiger partial charge in [-0.3, -0.25) is 9.97 Å². The summed E-state index contributed by atoms with van der Waals surface area (Å²) in [7, 11) is 0. The summed E-state index contributed by atoms with van der Waals surface area (Å²) in [6, 6.07) is 0. The summed E-state index contributed by atoms with van der Waals surface area (Å²) in [5.74, 6) is 0. The van der Waals surface area contributed by atoms with Crippen molar-refractivity contribution >= 4 is 11.8 Å². The predicted octanol–water partition coefficient (Wildman–Crippen LogP) is 2.99. The first-order valence-electron chi connectivity index (χ1n) is 4.53. The SMILES string of the molecule is Cc1cnc(C(C)SC(C)C)cn1. The van der Waals surface area contributed by atoms with Gasteiger partial charge in [0, 0.05) is 17.6 Å². The second-order valence-electron chi connectivity index (χ2n) is 3.41. The first-order chi connectivity index (χ1) is 6.09. The molecule has 1 aromatic heterocycles. The summed E-state index contributed by atoms with van der Waals surface area (Å²) in [4.78, 5) is 8.58. The molecule has 1 unspecified atom stereocenters. The van der Waals surface area contributed by atoms with E-state index in [1.54, 1.807) is 0 Å². The minimum atomic E-state index is 0.438. The van der Waals surface area contributed by atoms with E-state index >= 15 is 0 Å². The molecule has 0 fully saturated rings. The predicted molar refractivity (Wildman–Crippen MR) is 57.9 cm³/mol. The Morgan fingerprint density at radius 1 is 1.15 bits per heavy atom. The van der Waals surface area contributed by atoms with Gasteiger partial charge in [-0.2, -0.15) is 0 Å². The Labute approximate surface area is 84.2 Å². The highest BCUT2D eigenvalue weighted by atomic mass is 32.2. The first-order valence-corrected chi connectivity index (χ1v) is 5.48. The van der Waals surface area contributed by atoms with E-state index in [-0.39, 0.29) is 0 Å². The van der Waals surface area contributed by atoms with E-state index in [1.165, 1.54) is 0 Å². The summed E-state index contributed by atoms with van der Waals surface area (Å²) >= 11 is 1.91. The van der Waals surface area contributed by atoms with Gasteiger partial charge in [0.05, 0.1) is 11.4 Å². The van der Waals surface area contributed by atoms with Crippen molar-refractivity contribution in [3.8, 4) is 0 Å². The average molecular weight is 196 g/mol. The fourth-order valence-corrected chi connectivity index (χ4v) is 2.17. The topological polar surface area (TPSA) is 25.8 Å². The molecule has 0 bridgehead atoms. The normalized spacial score (nSPS) is 13.3. The zero-order valence-corrected chi connectivity index (χ0v) is 9.43. The minimum absolute atomic E-state index is 0.438. The maximum atomic E-state index is 4.35. The van der Waals surface area contributed by atoms with Gasteiger partial charge in [0.2, 0.25) is 0 Å². The summed E-state index contributed by atoms with van der Waals surface area (Å²) in [5, 5.41) is 1.08. The van der Waals surface area contributed by atoms with Gasteiger partial charge in [-0.05, 0) is 19.1 Å². The summed E-state index contributed by atoms with van der Waals surface area (Å²) in [6.45, 7) is 8.52. The molecule has 1 rings (SSSR count). The van der Waals surface area contributed by atoms with Gasteiger partial charge < -0.3 is 0 Å². The van der Waals surface area contributed by atoms with Crippen LogP contribution >= 0.6 is 11.8 Å². The van der Waals surface area contributed by atoms with Crippen molar-refractivity contribution in [1.29, 1.82) is 0 Å². The molecule has 72 valence electrons.